The summed E-state index contributed by atoms with van der Waals surface area (Å²) < 4.78 is 0. The van der Waals surface area contributed by atoms with E-state index in [1.165, 1.54) is 263 Å². The molecule has 0 bridgehead atoms. The third-order valence-electron chi connectivity index (χ3n) is 12.3. The molecule has 0 heterocycles. The Morgan fingerprint density at radius 2 is 0.554 bits per heavy atom. The summed E-state index contributed by atoms with van der Waals surface area (Å²) in [4.78, 5) is 15.6. The maximum Gasteiger partial charge on any atom is 0.222 e. The van der Waals surface area contributed by atoms with Crippen LogP contribution < -0.4 is 0 Å². The molecule has 0 atom stereocenters. The van der Waals surface area contributed by atoms with Gasteiger partial charge in [0.25, 0.3) is 0 Å². The van der Waals surface area contributed by atoms with Gasteiger partial charge in [0, 0.05) is 19.5 Å². The summed E-state index contributed by atoms with van der Waals surface area (Å²) in [5.41, 5.74) is 0. The van der Waals surface area contributed by atoms with Crippen molar-refractivity contribution in [2.75, 3.05) is 13.1 Å². The first-order valence-corrected chi connectivity index (χ1v) is 26.3. The van der Waals surface area contributed by atoms with Gasteiger partial charge in [0.2, 0.25) is 5.91 Å². The van der Waals surface area contributed by atoms with E-state index in [1.807, 2.05) is 0 Å². The minimum absolute atomic E-state index is 0.442. The van der Waals surface area contributed by atoms with Crippen LogP contribution in [-0.2, 0) is 4.79 Å². The first-order chi connectivity index (χ1) is 27.8. The van der Waals surface area contributed by atoms with Crippen molar-refractivity contribution in [3.05, 3.63) is 24.3 Å². The van der Waals surface area contributed by atoms with Crippen molar-refractivity contribution >= 4 is 5.91 Å². The Kier molecular flexibility index (Phi) is 49.2. The van der Waals surface area contributed by atoms with E-state index in [4.69, 9.17) is 0 Å². The molecule has 0 aromatic rings. The number of carbonyl (C=O) groups excluding carboxylic acids is 1. The van der Waals surface area contributed by atoms with E-state index in [1.54, 1.807) is 0 Å². The number of nitrogens with zero attached hydrogens (tertiary/aromatic N) is 1. The van der Waals surface area contributed by atoms with Crippen LogP contribution in [0.2, 0.25) is 0 Å². The average molecular weight is 784 g/mol. The van der Waals surface area contributed by atoms with Gasteiger partial charge in [0.1, 0.15) is 0 Å². The minimum atomic E-state index is 0.442. The fourth-order valence-corrected chi connectivity index (χ4v) is 8.31. The molecule has 0 fully saturated rings. The van der Waals surface area contributed by atoms with E-state index < -0.39 is 0 Å². The van der Waals surface area contributed by atoms with Crippen molar-refractivity contribution in [3.63, 3.8) is 0 Å². The Morgan fingerprint density at radius 3 is 0.893 bits per heavy atom. The van der Waals surface area contributed by atoms with E-state index in [2.05, 4.69) is 50.0 Å². The standard InChI is InChI=1S/C54H105NO/c1-4-7-10-13-16-19-22-25-28-31-34-37-40-43-46-49-52-55(53-50-47-44-41-38-35-32-29-26-23-20-17-14-11-8-5-2)54(56)51-48-45-42-39-36-33-30-27-24-21-18-15-12-9-6-3/h18,21,27,30H,4-17,19-20,22-26,28-29,31-53H2,1-3H3. The molecular formula is C54H105NO. The lowest BCUT2D eigenvalue weighted by Crippen LogP contribution is -2.32. The van der Waals surface area contributed by atoms with E-state index in [0.29, 0.717) is 5.91 Å². The molecule has 2 nitrogen and oxygen atoms in total. The molecule has 0 N–H and O–H groups in total. The number of amides is 1. The average Bonchev–Trinajstić information content (AvgIpc) is 3.21. The normalized spacial score (nSPS) is 11.8. The maximum absolute atomic E-state index is 13.4. The summed E-state index contributed by atoms with van der Waals surface area (Å²) in [6.45, 7) is 8.87. The predicted molar refractivity (Wildman–Crippen MR) is 255 cm³/mol. The second-order valence-electron chi connectivity index (χ2n) is 18.0. The van der Waals surface area contributed by atoms with Crippen molar-refractivity contribution < 1.29 is 4.79 Å². The van der Waals surface area contributed by atoms with Gasteiger partial charge in [0.15, 0.2) is 0 Å². The fraction of sp³-hybridized carbons (Fsp3) is 0.907. The van der Waals surface area contributed by atoms with E-state index in [0.717, 1.165) is 32.4 Å². The highest BCUT2D eigenvalue weighted by atomic mass is 16.2. The number of rotatable bonds is 48. The molecule has 0 aliphatic rings. The number of carbonyl (C=O) groups is 1. The van der Waals surface area contributed by atoms with Gasteiger partial charge in [-0.2, -0.15) is 0 Å². The zero-order chi connectivity index (χ0) is 40.5. The van der Waals surface area contributed by atoms with Gasteiger partial charge in [-0.3, -0.25) is 4.79 Å². The quantitative estimate of drug-likeness (QED) is 0.0445. The lowest BCUT2D eigenvalue weighted by Gasteiger charge is -2.23. The largest absolute Gasteiger partial charge is 0.343 e. The van der Waals surface area contributed by atoms with Crippen molar-refractivity contribution in [3.8, 4) is 0 Å². The molecule has 0 saturated heterocycles. The summed E-state index contributed by atoms with van der Waals surface area (Å²) in [6, 6.07) is 0. The van der Waals surface area contributed by atoms with Gasteiger partial charge in [-0.25, -0.2) is 0 Å². The second-order valence-corrected chi connectivity index (χ2v) is 18.0. The molecule has 1 amide bonds. The topological polar surface area (TPSA) is 20.3 Å². The molecule has 0 saturated carbocycles. The summed E-state index contributed by atoms with van der Waals surface area (Å²) in [7, 11) is 0. The molecule has 56 heavy (non-hydrogen) atoms. The van der Waals surface area contributed by atoms with Crippen LogP contribution >= 0.6 is 0 Å². The Morgan fingerprint density at radius 1 is 0.304 bits per heavy atom. The zero-order valence-electron chi connectivity index (χ0n) is 39.2. The molecule has 332 valence electrons. The Labute approximate surface area is 355 Å². The fourth-order valence-electron chi connectivity index (χ4n) is 8.31. The predicted octanol–water partition coefficient (Wildman–Crippen LogP) is 19.2. The maximum atomic E-state index is 13.4. The van der Waals surface area contributed by atoms with Gasteiger partial charge in [-0.1, -0.05) is 270 Å². The Balaban J connectivity index is 4.14. The van der Waals surface area contributed by atoms with Crippen LogP contribution in [-0.4, -0.2) is 23.9 Å². The summed E-state index contributed by atoms with van der Waals surface area (Å²) in [6.07, 6.45) is 68.7. The van der Waals surface area contributed by atoms with Crippen LogP contribution in [0.25, 0.3) is 0 Å². The second kappa shape index (κ2) is 50.1. The molecule has 0 rings (SSSR count). The molecule has 0 radical (unpaired) electrons. The summed E-state index contributed by atoms with van der Waals surface area (Å²) in [5, 5.41) is 0. The van der Waals surface area contributed by atoms with E-state index in [9.17, 15) is 4.79 Å². The molecule has 0 aliphatic carbocycles. The lowest BCUT2D eigenvalue weighted by molar-refractivity contribution is -0.131. The first-order valence-electron chi connectivity index (χ1n) is 26.3. The van der Waals surface area contributed by atoms with Crippen LogP contribution in [0.4, 0.5) is 0 Å². The summed E-state index contributed by atoms with van der Waals surface area (Å²) >= 11 is 0. The Hall–Kier alpha value is -1.05. The highest BCUT2D eigenvalue weighted by molar-refractivity contribution is 5.76. The first kappa shape index (κ1) is 55.0. The van der Waals surface area contributed by atoms with Gasteiger partial charge in [-0.15, -0.1) is 0 Å². The van der Waals surface area contributed by atoms with Crippen LogP contribution in [0, 0.1) is 0 Å². The van der Waals surface area contributed by atoms with Gasteiger partial charge in [0.05, 0.1) is 0 Å². The number of unbranched alkanes of at least 4 members (excludes halogenated alkanes) is 38. The van der Waals surface area contributed by atoms with Crippen LogP contribution in [0.5, 0.6) is 0 Å². The smallest absolute Gasteiger partial charge is 0.222 e. The molecule has 0 unspecified atom stereocenters. The third-order valence-corrected chi connectivity index (χ3v) is 12.3. The van der Waals surface area contributed by atoms with Crippen LogP contribution in [0.3, 0.4) is 0 Å². The monoisotopic (exact) mass is 784 g/mol. The molecule has 0 aliphatic heterocycles. The van der Waals surface area contributed by atoms with Gasteiger partial charge < -0.3 is 4.90 Å². The molecule has 2 heteroatoms. The number of allylic oxidation sites excluding steroid dienone is 4. The molecule has 0 aromatic heterocycles. The number of hydrogen-bond donors (Lipinski definition) is 0. The minimum Gasteiger partial charge on any atom is -0.343 e. The highest BCUT2D eigenvalue weighted by Gasteiger charge is 2.12. The van der Waals surface area contributed by atoms with Crippen molar-refractivity contribution in [1.82, 2.24) is 4.90 Å². The zero-order valence-corrected chi connectivity index (χ0v) is 39.2. The molecular weight excluding hydrogens is 679 g/mol. The van der Waals surface area contributed by atoms with Gasteiger partial charge >= 0.3 is 0 Å². The van der Waals surface area contributed by atoms with Crippen molar-refractivity contribution in [2.24, 2.45) is 0 Å². The summed E-state index contributed by atoms with van der Waals surface area (Å²) in [5.74, 6) is 0.442. The van der Waals surface area contributed by atoms with Crippen LogP contribution in [0.15, 0.2) is 24.3 Å². The Bertz CT molecular complexity index is 749. The number of hydrogen-bond acceptors (Lipinski definition) is 1. The highest BCUT2D eigenvalue weighted by Crippen LogP contribution is 2.17. The van der Waals surface area contributed by atoms with E-state index >= 15 is 0 Å². The molecule has 0 aromatic carbocycles. The third kappa shape index (κ3) is 45.6. The van der Waals surface area contributed by atoms with Gasteiger partial charge in [-0.05, 0) is 51.4 Å². The lowest BCUT2D eigenvalue weighted by atomic mass is 10.0. The van der Waals surface area contributed by atoms with E-state index in [-0.39, 0.29) is 0 Å². The van der Waals surface area contributed by atoms with Crippen LogP contribution in [0.1, 0.15) is 303 Å². The molecule has 0 spiro atoms. The SMILES string of the molecule is CCCCCC=CCC=CCCCCCCCC(=O)N(CCCCCCCCCCCCCCCCCC)CCCCCCCCCCCCCCCCCC. The van der Waals surface area contributed by atoms with Crippen molar-refractivity contribution in [2.45, 2.75) is 303 Å². The van der Waals surface area contributed by atoms with Crippen molar-refractivity contribution in [1.29, 1.82) is 0 Å².